The summed E-state index contributed by atoms with van der Waals surface area (Å²) in [6, 6.07) is 0. The smallest absolute Gasteiger partial charge is 0.152 e. The van der Waals surface area contributed by atoms with Crippen molar-refractivity contribution in [3.63, 3.8) is 0 Å². The van der Waals surface area contributed by atoms with Gasteiger partial charge in [0.05, 0.1) is 0 Å². The van der Waals surface area contributed by atoms with E-state index >= 15 is 0 Å². The molecule has 0 aliphatic heterocycles. The van der Waals surface area contributed by atoms with Crippen LogP contribution in [-0.4, -0.2) is 12.3 Å². The zero-order valence-electron chi connectivity index (χ0n) is 7.18. The first kappa shape index (κ1) is 9.95. The van der Waals surface area contributed by atoms with Crippen molar-refractivity contribution >= 4 is 5.78 Å². The van der Waals surface area contributed by atoms with Gasteiger partial charge in [-0.15, -0.1) is 0 Å². The second kappa shape index (κ2) is 5.71. The number of carbonyl (C=O) groups excluding carboxylic acids is 1. The van der Waals surface area contributed by atoms with Gasteiger partial charge in [-0.1, -0.05) is 13.5 Å². The van der Waals surface area contributed by atoms with Gasteiger partial charge in [0.25, 0.3) is 0 Å². The van der Waals surface area contributed by atoms with E-state index in [-0.39, 0.29) is 5.78 Å². The van der Waals surface area contributed by atoms with E-state index in [4.69, 9.17) is 0 Å². The molecule has 0 aliphatic carbocycles. The van der Waals surface area contributed by atoms with E-state index in [2.05, 4.69) is 18.8 Å². The van der Waals surface area contributed by atoms with Gasteiger partial charge in [0, 0.05) is 12.2 Å². The molecular formula is C9H15NO. The summed E-state index contributed by atoms with van der Waals surface area (Å²) in [6.45, 7) is 8.21. The summed E-state index contributed by atoms with van der Waals surface area (Å²) in [6.07, 6.45) is 4.26. The first-order valence-corrected chi connectivity index (χ1v) is 3.78. The maximum Gasteiger partial charge on any atom is 0.152 e. The maximum atomic E-state index is 10.5. The Balaban J connectivity index is 3.60. The van der Waals surface area contributed by atoms with Gasteiger partial charge < -0.3 is 5.32 Å². The van der Waals surface area contributed by atoms with Crippen LogP contribution in [0.15, 0.2) is 24.4 Å². The van der Waals surface area contributed by atoms with Gasteiger partial charge >= 0.3 is 0 Å². The predicted octanol–water partition coefficient (Wildman–Crippen LogP) is 1.64. The monoisotopic (exact) mass is 153 g/mol. The van der Waals surface area contributed by atoms with E-state index in [1.807, 2.05) is 0 Å². The highest BCUT2D eigenvalue weighted by molar-refractivity contribution is 5.87. The Morgan fingerprint density at radius 2 is 2.18 bits per heavy atom. The quantitative estimate of drug-likeness (QED) is 0.480. The SMILES string of the molecule is C=C(/C=C\C(C)=O)NCCC. The van der Waals surface area contributed by atoms with Crippen molar-refractivity contribution in [1.29, 1.82) is 0 Å². The lowest BCUT2D eigenvalue weighted by Crippen LogP contribution is -2.11. The fourth-order valence-electron chi connectivity index (χ4n) is 0.562. The number of allylic oxidation sites excluding steroid dienone is 2. The zero-order chi connectivity index (χ0) is 8.69. The topological polar surface area (TPSA) is 29.1 Å². The van der Waals surface area contributed by atoms with Crippen LogP contribution in [0.1, 0.15) is 20.3 Å². The second-order valence-electron chi connectivity index (χ2n) is 2.40. The summed E-state index contributed by atoms with van der Waals surface area (Å²) in [4.78, 5) is 10.5. The molecule has 2 heteroatoms. The molecule has 0 atom stereocenters. The summed E-state index contributed by atoms with van der Waals surface area (Å²) < 4.78 is 0. The maximum absolute atomic E-state index is 10.5. The largest absolute Gasteiger partial charge is 0.386 e. The fourth-order valence-corrected chi connectivity index (χ4v) is 0.562. The third-order valence-electron chi connectivity index (χ3n) is 1.12. The van der Waals surface area contributed by atoms with Crippen molar-refractivity contribution in [2.75, 3.05) is 6.54 Å². The van der Waals surface area contributed by atoms with Crippen molar-refractivity contribution in [3.8, 4) is 0 Å². The van der Waals surface area contributed by atoms with Crippen LogP contribution in [-0.2, 0) is 4.79 Å². The average molecular weight is 153 g/mol. The molecule has 62 valence electrons. The van der Waals surface area contributed by atoms with Crippen LogP contribution in [0, 0.1) is 0 Å². The summed E-state index contributed by atoms with van der Waals surface area (Å²) >= 11 is 0. The Morgan fingerprint density at radius 1 is 1.55 bits per heavy atom. The van der Waals surface area contributed by atoms with Crippen molar-refractivity contribution in [3.05, 3.63) is 24.4 Å². The van der Waals surface area contributed by atoms with Crippen molar-refractivity contribution < 1.29 is 4.79 Å². The third-order valence-corrected chi connectivity index (χ3v) is 1.12. The molecule has 0 amide bonds. The van der Waals surface area contributed by atoms with Crippen LogP contribution in [0.2, 0.25) is 0 Å². The summed E-state index contributed by atoms with van der Waals surface area (Å²) in [5, 5.41) is 3.05. The number of nitrogens with one attached hydrogen (secondary N) is 1. The van der Waals surface area contributed by atoms with E-state index in [1.54, 1.807) is 6.08 Å². The van der Waals surface area contributed by atoms with E-state index in [1.165, 1.54) is 13.0 Å². The molecule has 0 saturated heterocycles. The van der Waals surface area contributed by atoms with Crippen LogP contribution < -0.4 is 5.32 Å². The van der Waals surface area contributed by atoms with Gasteiger partial charge in [0.1, 0.15) is 0 Å². The fraction of sp³-hybridized carbons (Fsp3) is 0.444. The van der Waals surface area contributed by atoms with Gasteiger partial charge in [0.15, 0.2) is 5.78 Å². The Morgan fingerprint density at radius 3 is 2.64 bits per heavy atom. The number of hydrogen-bond donors (Lipinski definition) is 1. The molecule has 0 spiro atoms. The highest BCUT2D eigenvalue weighted by atomic mass is 16.1. The molecule has 0 aromatic rings. The molecular weight excluding hydrogens is 138 g/mol. The molecule has 0 aliphatic rings. The zero-order valence-corrected chi connectivity index (χ0v) is 7.18. The van der Waals surface area contributed by atoms with Crippen LogP contribution in [0.25, 0.3) is 0 Å². The van der Waals surface area contributed by atoms with Crippen molar-refractivity contribution in [1.82, 2.24) is 5.32 Å². The summed E-state index contributed by atoms with van der Waals surface area (Å²) in [5.41, 5.74) is 0.794. The summed E-state index contributed by atoms with van der Waals surface area (Å²) in [7, 11) is 0. The molecule has 0 fully saturated rings. The Labute approximate surface area is 68.0 Å². The number of ketones is 1. The molecule has 0 aromatic carbocycles. The first-order chi connectivity index (χ1) is 5.16. The highest BCUT2D eigenvalue weighted by Gasteiger charge is 1.85. The van der Waals surface area contributed by atoms with Crippen LogP contribution in [0.3, 0.4) is 0 Å². The van der Waals surface area contributed by atoms with Crippen LogP contribution in [0.5, 0.6) is 0 Å². The highest BCUT2D eigenvalue weighted by Crippen LogP contribution is 1.87. The summed E-state index contributed by atoms with van der Waals surface area (Å²) in [5.74, 6) is 0.0458. The number of hydrogen-bond acceptors (Lipinski definition) is 2. The molecule has 0 saturated carbocycles. The van der Waals surface area contributed by atoms with Gasteiger partial charge in [-0.2, -0.15) is 0 Å². The lowest BCUT2D eigenvalue weighted by molar-refractivity contribution is -0.112. The van der Waals surface area contributed by atoms with E-state index < -0.39 is 0 Å². The minimum absolute atomic E-state index is 0.0458. The standard InChI is InChI=1S/C9H15NO/c1-4-7-10-8(2)5-6-9(3)11/h5-6,10H,2,4,7H2,1,3H3/b6-5-. The lowest BCUT2D eigenvalue weighted by atomic mass is 10.3. The van der Waals surface area contributed by atoms with Gasteiger partial charge in [-0.05, 0) is 25.5 Å². The van der Waals surface area contributed by atoms with E-state index in [9.17, 15) is 4.79 Å². The molecule has 11 heavy (non-hydrogen) atoms. The minimum atomic E-state index is 0.0458. The molecule has 2 nitrogen and oxygen atoms in total. The van der Waals surface area contributed by atoms with Crippen molar-refractivity contribution in [2.45, 2.75) is 20.3 Å². The third kappa shape index (κ3) is 6.84. The van der Waals surface area contributed by atoms with Gasteiger partial charge in [0.2, 0.25) is 0 Å². The molecule has 0 bridgehead atoms. The first-order valence-electron chi connectivity index (χ1n) is 3.78. The Hall–Kier alpha value is -1.05. The molecule has 0 rings (SSSR count). The Kier molecular flexibility index (Phi) is 5.17. The van der Waals surface area contributed by atoms with Crippen LogP contribution in [0.4, 0.5) is 0 Å². The molecule has 0 unspecified atom stereocenters. The molecule has 0 aromatic heterocycles. The van der Waals surface area contributed by atoms with Gasteiger partial charge in [-0.25, -0.2) is 0 Å². The number of carbonyl (C=O) groups is 1. The van der Waals surface area contributed by atoms with Crippen LogP contribution >= 0.6 is 0 Å². The second-order valence-corrected chi connectivity index (χ2v) is 2.40. The Bertz CT molecular complexity index is 170. The van der Waals surface area contributed by atoms with E-state index in [0.29, 0.717) is 0 Å². The lowest BCUT2D eigenvalue weighted by Gasteiger charge is -2.01. The average Bonchev–Trinajstić information content (AvgIpc) is 1.97. The van der Waals surface area contributed by atoms with Crippen molar-refractivity contribution in [2.24, 2.45) is 0 Å². The molecule has 1 N–H and O–H groups in total. The molecule has 0 heterocycles. The van der Waals surface area contributed by atoms with E-state index in [0.717, 1.165) is 18.7 Å². The predicted molar refractivity (Wildman–Crippen MR) is 47.3 cm³/mol. The number of rotatable bonds is 5. The molecule has 0 radical (unpaired) electrons. The minimum Gasteiger partial charge on any atom is -0.386 e. The van der Waals surface area contributed by atoms with Gasteiger partial charge in [-0.3, -0.25) is 4.79 Å². The normalized spacial score (nSPS) is 10.0.